The number of nitrogens with two attached hydrogens (primary N) is 1. The summed E-state index contributed by atoms with van der Waals surface area (Å²) in [5.74, 6) is 0.878. The average Bonchev–Trinajstić information content (AvgIpc) is 3.04. The first-order chi connectivity index (χ1) is 9.20. The minimum Gasteiger partial charge on any atom is -0.373 e. The van der Waals surface area contributed by atoms with Gasteiger partial charge in [0.15, 0.2) is 0 Å². The van der Waals surface area contributed by atoms with Crippen molar-refractivity contribution in [1.29, 1.82) is 0 Å². The first-order valence-electron chi connectivity index (χ1n) is 7.51. The third-order valence-corrected chi connectivity index (χ3v) is 5.17. The lowest BCUT2D eigenvalue weighted by Gasteiger charge is -2.33. The smallest absolute Gasteiger partial charge is 0.226 e. The number of likely N-dealkylation sites (tertiary alicyclic amines) is 1. The van der Waals surface area contributed by atoms with Gasteiger partial charge in [0.2, 0.25) is 5.91 Å². The molecule has 116 valence electrons. The molecule has 0 aromatic rings. The average molecular weight is 304 g/mol. The predicted molar refractivity (Wildman–Crippen MR) is 79.9 cm³/mol. The molecule has 20 heavy (non-hydrogen) atoms. The number of hydrogen-bond acceptors (Lipinski definition) is 4. The Bertz CT molecular complexity index is 355. The minimum absolute atomic E-state index is 0. The Hall–Kier alpha value is -0.360. The molecule has 0 bridgehead atoms. The lowest BCUT2D eigenvalue weighted by atomic mass is 9.95. The minimum atomic E-state index is 0. The van der Waals surface area contributed by atoms with Gasteiger partial charge < -0.3 is 15.4 Å². The number of ether oxygens (including phenoxy) is 1. The molecule has 2 aliphatic heterocycles. The van der Waals surface area contributed by atoms with E-state index >= 15 is 0 Å². The van der Waals surface area contributed by atoms with E-state index in [0.717, 1.165) is 45.5 Å². The van der Waals surface area contributed by atoms with Crippen LogP contribution in [0.25, 0.3) is 0 Å². The highest BCUT2D eigenvalue weighted by Crippen LogP contribution is 2.34. The van der Waals surface area contributed by atoms with E-state index < -0.39 is 0 Å². The molecule has 0 spiro atoms. The SMILES string of the molecule is CN1CCO[C@@H]2CN(C(=O)[C@@H]3CCC[C@@H]3CN)C[C@@H]21.Cl. The first-order valence-corrected chi connectivity index (χ1v) is 7.51. The van der Waals surface area contributed by atoms with Crippen molar-refractivity contribution in [3.8, 4) is 0 Å². The Balaban J connectivity index is 0.00000147. The zero-order chi connectivity index (χ0) is 13.4. The molecule has 2 heterocycles. The summed E-state index contributed by atoms with van der Waals surface area (Å²) >= 11 is 0. The highest BCUT2D eigenvalue weighted by molar-refractivity contribution is 5.85. The van der Waals surface area contributed by atoms with Crippen LogP contribution in [0.1, 0.15) is 19.3 Å². The number of likely N-dealkylation sites (N-methyl/N-ethyl adjacent to an activating group) is 1. The van der Waals surface area contributed by atoms with Crippen LogP contribution in [-0.2, 0) is 9.53 Å². The molecule has 1 saturated carbocycles. The van der Waals surface area contributed by atoms with Crippen molar-refractivity contribution >= 4 is 18.3 Å². The van der Waals surface area contributed by atoms with Crippen molar-refractivity contribution in [2.75, 3.05) is 39.8 Å². The number of carbonyl (C=O) groups excluding carboxylic acids is 1. The van der Waals surface area contributed by atoms with Crippen molar-refractivity contribution in [1.82, 2.24) is 9.80 Å². The van der Waals surface area contributed by atoms with Crippen LogP contribution in [0.5, 0.6) is 0 Å². The molecule has 2 N–H and O–H groups in total. The van der Waals surface area contributed by atoms with Crippen LogP contribution in [0, 0.1) is 11.8 Å². The molecule has 6 heteroatoms. The van der Waals surface area contributed by atoms with Gasteiger partial charge in [-0.15, -0.1) is 12.4 Å². The predicted octanol–water partition coefficient (Wildman–Crippen LogP) is 0.325. The Morgan fingerprint density at radius 1 is 1.35 bits per heavy atom. The number of halogens is 1. The van der Waals surface area contributed by atoms with Crippen LogP contribution >= 0.6 is 12.4 Å². The van der Waals surface area contributed by atoms with Gasteiger partial charge in [-0.1, -0.05) is 6.42 Å². The number of rotatable bonds is 2. The standard InChI is InChI=1S/C14H25N3O2.ClH/c1-16-5-6-19-13-9-17(8-12(13)16)14(18)11-4-2-3-10(11)7-15;/h10-13H,2-9,15H2,1H3;1H/t10-,11-,12+,13-;/m1./s1. The topological polar surface area (TPSA) is 58.8 Å². The van der Waals surface area contributed by atoms with Gasteiger partial charge in [-0.3, -0.25) is 9.69 Å². The van der Waals surface area contributed by atoms with Crippen LogP contribution in [-0.4, -0.2) is 67.7 Å². The van der Waals surface area contributed by atoms with Crippen LogP contribution in [0.4, 0.5) is 0 Å². The van der Waals surface area contributed by atoms with Gasteiger partial charge in [-0.05, 0) is 32.4 Å². The van der Waals surface area contributed by atoms with Gasteiger partial charge >= 0.3 is 0 Å². The quantitative estimate of drug-likeness (QED) is 0.798. The maximum Gasteiger partial charge on any atom is 0.226 e. The van der Waals surface area contributed by atoms with E-state index in [-0.39, 0.29) is 24.4 Å². The third-order valence-electron chi connectivity index (χ3n) is 5.17. The Labute approximate surface area is 127 Å². The van der Waals surface area contributed by atoms with Gasteiger partial charge in [0.05, 0.1) is 18.8 Å². The van der Waals surface area contributed by atoms with E-state index in [9.17, 15) is 4.79 Å². The van der Waals surface area contributed by atoms with Gasteiger partial charge in [-0.25, -0.2) is 0 Å². The van der Waals surface area contributed by atoms with Crippen molar-refractivity contribution < 1.29 is 9.53 Å². The Kier molecular flexibility index (Phi) is 5.29. The van der Waals surface area contributed by atoms with E-state index in [1.165, 1.54) is 0 Å². The summed E-state index contributed by atoms with van der Waals surface area (Å²) in [5, 5.41) is 0. The lowest BCUT2D eigenvalue weighted by Crippen LogP contribution is -2.48. The van der Waals surface area contributed by atoms with Gasteiger partial charge in [-0.2, -0.15) is 0 Å². The highest BCUT2D eigenvalue weighted by Gasteiger charge is 2.43. The maximum absolute atomic E-state index is 12.7. The summed E-state index contributed by atoms with van der Waals surface area (Å²) in [7, 11) is 2.13. The fourth-order valence-corrected chi connectivity index (χ4v) is 3.92. The number of morpholine rings is 1. The molecule has 1 aliphatic carbocycles. The summed E-state index contributed by atoms with van der Waals surface area (Å²) in [6.07, 6.45) is 3.49. The largest absolute Gasteiger partial charge is 0.373 e. The highest BCUT2D eigenvalue weighted by atomic mass is 35.5. The Morgan fingerprint density at radius 3 is 2.85 bits per heavy atom. The van der Waals surface area contributed by atoms with Gasteiger partial charge in [0.25, 0.3) is 0 Å². The molecule has 5 nitrogen and oxygen atoms in total. The molecular formula is C14H26ClN3O2. The summed E-state index contributed by atoms with van der Waals surface area (Å²) in [5.41, 5.74) is 5.80. The van der Waals surface area contributed by atoms with Crippen LogP contribution < -0.4 is 5.73 Å². The molecule has 4 atom stereocenters. The number of fused-ring (bicyclic) bond motifs is 1. The zero-order valence-corrected chi connectivity index (χ0v) is 13.0. The summed E-state index contributed by atoms with van der Waals surface area (Å²) < 4.78 is 5.81. The third kappa shape index (κ3) is 2.82. The molecular weight excluding hydrogens is 278 g/mol. The van der Waals surface area contributed by atoms with Crippen molar-refractivity contribution in [2.45, 2.75) is 31.4 Å². The molecule has 3 rings (SSSR count). The van der Waals surface area contributed by atoms with E-state index in [2.05, 4.69) is 11.9 Å². The second-order valence-corrected chi connectivity index (χ2v) is 6.23. The molecule has 3 aliphatic rings. The number of nitrogens with zero attached hydrogens (tertiary/aromatic N) is 2. The molecule has 2 saturated heterocycles. The van der Waals surface area contributed by atoms with Gasteiger partial charge in [0.1, 0.15) is 0 Å². The van der Waals surface area contributed by atoms with E-state index in [1.807, 2.05) is 4.90 Å². The first kappa shape index (κ1) is 16.0. The van der Waals surface area contributed by atoms with Crippen molar-refractivity contribution in [3.05, 3.63) is 0 Å². The zero-order valence-electron chi connectivity index (χ0n) is 12.2. The molecule has 0 aromatic heterocycles. The summed E-state index contributed by atoms with van der Waals surface area (Å²) in [4.78, 5) is 17.0. The van der Waals surface area contributed by atoms with E-state index in [0.29, 0.717) is 24.4 Å². The van der Waals surface area contributed by atoms with Crippen LogP contribution in [0.15, 0.2) is 0 Å². The number of carbonyl (C=O) groups is 1. The van der Waals surface area contributed by atoms with E-state index in [1.54, 1.807) is 0 Å². The summed E-state index contributed by atoms with van der Waals surface area (Å²) in [6.45, 7) is 4.00. The Morgan fingerprint density at radius 2 is 2.15 bits per heavy atom. The molecule has 0 radical (unpaired) electrons. The number of hydrogen-bond donors (Lipinski definition) is 1. The second kappa shape index (κ2) is 6.60. The van der Waals surface area contributed by atoms with Gasteiger partial charge in [0, 0.05) is 25.6 Å². The normalized spacial score (nSPS) is 37.6. The maximum atomic E-state index is 12.7. The molecule has 3 fully saturated rings. The van der Waals surface area contributed by atoms with Crippen molar-refractivity contribution in [3.63, 3.8) is 0 Å². The fourth-order valence-electron chi connectivity index (χ4n) is 3.92. The molecule has 0 unspecified atom stereocenters. The van der Waals surface area contributed by atoms with Crippen LogP contribution in [0.3, 0.4) is 0 Å². The van der Waals surface area contributed by atoms with Crippen molar-refractivity contribution in [2.24, 2.45) is 17.6 Å². The molecule has 1 amide bonds. The second-order valence-electron chi connectivity index (χ2n) is 6.23. The monoisotopic (exact) mass is 303 g/mol. The lowest BCUT2D eigenvalue weighted by molar-refractivity contribution is -0.136. The number of amides is 1. The molecule has 0 aromatic carbocycles. The van der Waals surface area contributed by atoms with Crippen LogP contribution in [0.2, 0.25) is 0 Å². The van der Waals surface area contributed by atoms with E-state index in [4.69, 9.17) is 10.5 Å². The summed E-state index contributed by atoms with van der Waals surface area (Å²) in [6, 6.07) is 0.385. The fraction of sp³-hybridized carbons (Fsp3) is 0.929.